The van der Waals surface area contributed by atoms with E-state index in [4.69, 9.17) is 0 Å². The molecule has 1 aliphatic heterocycles. The zero-order valence-corrected chi connectivity index (χ0v) is 16.4. The molecule has 0 aliphatic carbocycles. The van der Waals surface area contributed by atoms with Gasteiger partial charge in [-0.15, -0.1) is 0 Å². The van der Waals surface area contributed by atoms with Gasteiger partial charge in [0.05, 0.1) is 5.75 Å². The average molecular weight is 387 g/mol. The van der Waals surface area contributed by atoms with Crippen LogP contribution in [0, 0.1) is 12.8 Å². The summed E-state index contributed by atoms with van der Waals surface area (Å²) in [6.07, 6.45) is 1.22. The van der Waals surface area contributed by atoms with Crippen molar-refractivity contribution in [1.82, 2.24) is 9.62 Å². The van der Waals surface area contributed by atoms with E-state index in [1.54, 1.807) is 0 Å². The molecule has 0 bridgehead atoms. The summed E-state index contributed by atoms with van der Waals surface area (Å²) in [6.45, 7) is 3.54. The lowest BCUT2D eigenvalue weighted by Gasteiger charge is -2.17. The van der Waals surface area contributed by atoms with Crippen LogP contribution in [0.25, 0.3) is 0 Å². The Bertz CT molecular complexity index is 881. The van der Waals surface area contributed by atoms with E-state index in [1.165, 1.54) is 5.56 Å². The van der Waals surface area contributed by atoms with E-state index in [1.807, 2.05) is 54.3 Å². The number of amides is 1. The number of nitrogens with one attached hydrogen (secondary N) is 1. The van der Waals surface area contributed by atoms with Crippen LogP contribution in [-0.2, 0) is 27.0 Å². The van der Waals surface area contributed by atoms with Gasteiger partial charge in [0, 0.05) is 26.1 Å². The minimum absolute atomic E-state index is 0.0283. The molecule has 0 saturated carbocycles. The van der Waals surface area contributed by atoms with Crippen molar-refractivity contribution in [2.75, 3.05) is 19.6 Å². The van der Waals surface area contributed by atoms with Crippen molar-refractivity contribution in [2.45, 2.75) is 25.5 Å². The number of carbonyl (C=O) groups is 1. The van der Waals surface area contributed by atoms with Gasteiger partial charge in [-0.1, -0.05) is 60.2 Å². The van der Waals surface area contributed by atoms with Crippen LogP contribution in [0.1, 0.15) is 23.1 Å². The van der Waals surface area contributed by atoms with E-state index in [2.05, 4.69) is 16.9 Å². The van der Waals surface area contributed by atoms with Gasteiger partial charge < -0.3 is 4.90 Å². The lowest BCUT2D eigenvalue weighted by atomic mass is 10.1. The van der Waals surface area contributed by atoms with E-state index in [0.717, 1.165) is 17.5 Å². The molecule has 1 atom stereocenters. The van der Waals surface area contributed by atoms with Gasteiger partial charge in [0.25, 0.3) is 0 Å². The quantitative estimate of drug-likeness (QED) is 0.758. The standard InChI is InChI=1S/C21H26N2O3S/c1-17-6-5-9-19(12-17)16-27(25,26)22-14-20-13-21(24)23(15-20)11-10-18-7-3-2-4-8-18/h2-9,12,20,22H,10-11,13-16H2,1H3. The number of sulfonamides is 1. The van der Waals surface area contributed by atoms with Crippen molar-refractivity contribution < 1.29 is 13.2 Å². The molecular formula is C21H26N2O3S. The summed E-state index contributed by atoms with van der Waals surface area (Å²) >= 11 is 0. The van der Waals surface area contributed by atoms with Gasteiger partial charge in [-0.3, -0.25) is 4.79 Å². The Kier molecular flexibility index (Phi) is 6.29. The minimum Gasteiger partial charge on any atom is -0.342 e. The maximum Gasteiger partial charge on any atom is 0.222 e. The summed E-state index contributed by atoms with van der Waals surface area (Å²) in [4.78, 5) is 14.0. The number of aryl methyl sites for hydroxylation is 1. The first-order valence-corrected chi connectivity index (χ1v) is 10.9. The molecule has 27 heavy (non-hydrogen) atoms. The number of carbonyl (C=O) groups excluding carboxylic acids is 1. The Labute approximate surface area is 161 Å². The fourth-order valence-corrected chi connectivity index (χ4v) is 4.64. The monoisotopic (exact) mass is 386 g/mol. The topological polar surface area (TPSA) is 66.5 Å². The third-order valence-electron chi connectivity index (χ3n) is 4.84. The molecule has 1 amide bonds. The molecule has 1 aliphatic rings. The molecule has 0 aromatic heterocycles. The first-order valence-electron chi connectivity index (χ1n) is 9.26. The number of benzene rings is 2. The molecule has 1 heterocycles. The highest BCUT2D eigenvalue weighted by atomic mass is 32.2. The van der Waals surface area contributed by atoms with Gasteiger partial charge in [-0.2, -0.15) is 0 Å². The third-order valence-corrected chi connectivity index (χ3v) is 6.16. The molecule has 1 unspecified atom stereocenters. The van der Waals surface area contributed by atoms with Crippen LogP contribution >= 0.6 is 0 Å². The van der Waals surface area contributed by atoms with Crippen LogP contribution in [0.5, 0.6) is 0 Å². The second-order valence-corrected chi connectivity index (χ2v) is 9.05. The first kappa shape index (κ1) is 19.6. The maximum absolute atomic E-state index is 12.3. The van der Waals surface area contributed by atoms with E-state index in [0.29, 0.717) is 26.1 Å². The molecule has 1 N–H and O–H groups in total. The number of hydrogen-bond donors (Lipinski definition) is 1. The summed E-state index contributed by atoms with van der Waals surface area (Å²) < 4.78 is 27.3. The van der Waals surface area contributed by atoms with Crippen LogP contribution in [0.4, 0.5) is 0 Å². The number of nitrogens with zero attached hydrogens (tertiary/aromatic N) is 1. The Hall–Kier alpha value is -2.18. The molecule has 2 aromatic carbocycles. The van der Waals surface area contributed by atoms with Crippen LogP contribution in [0.15, 0.2) is 54.6 Å². The molecule has 5 nitrogen and oxygen atoms in total. The number of likely N-dealkylation sites (tertiary alicyclic amines) is 1. The van der Waals surface area contributed by atoms with E-state index >= 15 is 0 Å². The van der Waals surface area contributed by atoms with E-state index in [9.17, 15) is 13.2 Å². The van der Waals surface area contributed by atoms with Gasteiger partial charge in [0.1, 0.15) is 0 Å². The summed E-state index contributed by atoms with van der Waals surface area (Å²) in [7, 11) is -3.41. The molecule has 0 radical (unpaired) electrons. The van der Waals surface area contributed by atoms with Crippen LogP contribution in [0.3, 0.4) is 0 Å². The lowest BCUT2D eigenvalue weighted by molar-refractivity contribution is -0.127. The Balaban J connectivity index is 1.47. The molecule has 1 saturated heterocycles. The van der Waals surface area contributed by atoms with Crippen molar-refractivity contribution in [1.29, 1.82) is 0 Å². The highest BCUT2D eigenvalue weighted by molar-refractivity contribution is 7.88. The minimum atomic E-state index is -3.41. The van der Waals surface area contributed by atoms with Gasteiger partial charge in [0.2, 0.25) is 15.9 Å². The van der Waals surface area contributed by atoms with Gasteiger partial charge in [-0.05, 0) is 30.4 Å². The fraction of sp³-hybridized carbons (Fsp3) is 0.381. The van der Waals surface area contributed by atoms with Crippen molar-refractivity contribution in [3.05, 3.63) is 71.3 Å². The van der Waals surface area contributed by atoms with Crippen LogP contribution in [0.2, 0.25) is 0 Å². The largest absolute Gasteiger partial charge is 0.342 e. The summed E-state index contributed by atoms with van der Waals surface area (Å²) in [5, 5.41) is 0. The molecule has 144 valence electrons. The molecule has 2 aromatic rings. The van der Waals surface area contributed by atoms with Crippen molar-refractivity contribution in [3.8, 4) is 0 Å². The SMILES string of the molecule is Cc1cccc(CS(=O)(=O)NCC2CC(=O)N(CCc3ccccc3)C2)c1. The molecule has 3 rings (SSSR count). The van der Waals surface area contributed by atoms with E-state index < -0.39 is 10.0 Å². The fourth-order valence-electron chi connectivity index (χ4n) is 3.43. The Morgan fingerprint density at radius 1 is 1.07 bits per heavy atom. The number of rotatable bonds is 8. The Morgan fingerprint density at radius 3 is 2.56 bits per heavy atom. The second kappa shape index (κ2) is 8.67. The number of hydrogen-bond acceptors (Lipinski definition) is 3. The average Bonchev–Trinajstić information content (AvgIpc) is 2.99. The summed E-state index contributed by atoms with van der Waals surface area (Å²) in [5.74, 6) is 0.0990. The lowest BCUT2D eigenvalue weighted by Crippen LogP contribution is -2.32. The smallest absolute Gasteiger partial charge is 0.222 e. The summed E-state index contributed by atoms with van der Waals surface area (Å²) in [6, 6.07) is 17.6. The predicted molar refractivity (Wildman–Crippen MR) is 107 cm³/mol. The van der Waals surface area contributed by atoms with Crippen LogP contribution in [-0.4, -0.2) is 38.9 Å². The third kappa shape index (κ3) is 5.91. The van der Waals surface area contributed by atoms with Crippen molar-refractivity contribution in [2.24, 2.45) is 5.92 Å². The highest BCUT2D eigenvalue weighted by Gasteiger charge is 2.30. The predicted octanol–water partition coefficient (Wildman–Crippen LogP) is 2.51. The first-order chi connectivity index (χ1) is 12.9. The van der Waals surface area contributed by atoms with Gasteiger partial charge >= 0.3 is 0 Å². The molecule has 0 spiro atoms. The highest BCUT2D eigenvalue weighted by Crippen LogP contribution is 2.18. The molecular weight excluding hydrogens is 360 g/mol. The zero-order chi connectivity index (χ0) is 19.3. The second-order valence-electron chi connectivity index (χ2n) is 7.24. The summed E-state index contributed by atoms with van der Waals surface area (Å²) in [5.41, 5.74) is 3.01. The normalized spacial score (nSPS) is 17.4. The van der Waals surface area contributed by atoms with Gasteiger partial charge in [-0.25, -0.2) is 13.1 Å². The molecule has 6 heteroatoms. The Morgan fingerprint density at radius 2 is 1.81 bits per heavy atom. The molecule has 1 fully saturated rings. The van der Waals surface area contributed by atoms with Gasteiger partial charge in [0.15, 0.2) is 0 Å². The van der Waals surface area contributed by atoms with Crippen molar-refractivity contribution >= 4 is 15.9 Å². The van der Waals surface area contributed by atoms with Crippen LogP contribution < -0.4 is 4.72 Å². The zero-order valence-electron chi connectivity index (χ0n) is 15.6. The van der Waals surface area contributed by atoms with E-state index in [-0.39, 0.29) is 17.6 Å². The maximum atomic E-state index is 12.3. The van der Waals surface area contributed by atoms with Crippen molar-refractivity contribution in [3.63, 3.8) is 0 Å².